The van der Waals surface area contributed by atoms with Crippen LogP contribution in [0.4, 0.5) is 5.82 Å². The van der Waals surface area contributed by atoms with Crippen LogP contribution in [0.1, 0.15) is 17.2 Å². The summed E-state index contributed by atoms with van der Waals surface area (Å²) in [6.07, 6.45) is 1.45. The van der Waals surface area contributed by atoms with Crippen LogP contribution in [0.25, 0.3) is 0 Å². The normalized spacial score (nSPS) is 16.2. The first-order valence-electron chi connectivity index (χ1n) is 8.57. The number of ether oxygens (including phenoxy) is 1. The highest BCUT2D eigenvalue weighted by atomic mass is 16.5. The van der Waals surface area contributed by atoms with E-state index in [2.05, 4.69) is 4.98 Å². The first kappa shape index (κ1) is 18.7. The lowest BCUT2D eigenvalue weighted by Gasteiger charge is -2.37. The molecule has 1 aromatic heterocycles. The molecule has 1 fully saturated rings. The smallest absolute Gasteiger partial charge is 0.325 e. The molecule has 0 bridgehead atoms. The standard InChI is InChI=1S/C19H22N4O4/c1-27-15-4-2-3-13(9-15)11-22-7-8-23(12-17(22)24)18(19(25)26)14-5-6-16(20)21-10-14/h2-6,9-10,18H,7-8,11-12H2,1H3,(H2,20,21)(H,25,26)/t18-/m1/s1. The van der Waals surface area contributed by atoms with Crippen molar-refractivity contribution in [2.75, 3.05) is 32.5 Å². The first-order chi connectivity index (χ1) is 13.0. The van der Waals surface area contributed by atoms with Crippen LogP contribution >= 0.6 is 0 Å². The van der Waals surface area contributed by atoms with E-state index in [0.717, 1.165) is 11.3 Å². The lowest BCUT2D eigenvalue weighted by Crippen LogP contribution is -2.52. The van der Waals surface area contributed by atoms with Gasteiger partial charge in [-0.3, -0.25) is 14.5 Å². The Morgan fingerprint density at radius 1 is 1.33 bits per heavy atom. The Balaban J connectivity index is 1.70. The van der Waals surface area contributed by atoms with Crippen molar-refractivity contribution in [3.8, 4) is 5.75 Å². The maximum Gasteiger partial charge on any atom is 0.325 e. The van der Waals surface area contributed by atoms with Gasteiger partial charge in [0.15, 0.2) is 0 Å². The van der Waals surface area contributed by atoms with Gasteiger partial charge in [0.05, 0.1) is 13.7 Å². The van der Waals surface area contributed by atoms with E-state index in [-0.39, 0.29) is 12.5 Å². The van der Waals surface area contributed by atoms with E-state index in [9.17, 15) is 14.7 Å². The minimum absolute atomic E-state index is 0.0330. The van der Waals surface area contributed by atoms with E-state index in [1.165, 1.54) is 6.20 Å². The third-order valence-corrected chi connectivity index (χ3v) is 4.58. The zero-order chi connectivity index (χ0) is 19.4. The van der Waals surface area contributed by atoms with E-state index in [0.29, 0.717) is 31.0 Å². The Morgan fingerprint density at radius 2 is 2.15 bits per heavy atom. The molecule has 3 N–H and O–H groups in total. The summed E-state index contributed by atoms with van der Waals surface area (Å²) in [5.74, 6) is -0.0724. The number of carbonyl (C=O) groups is 2. The Labute approximate surface area is 157 Å². The SMILES string of the molecule is COc1cccc(CN2CCN([C@@H](C(=O)O)c3ccc(N)nc3)CC2=O)c1. The first-order valence-corrected chi connectivity index (χ1v) is 8.57. The molecule has 1 saturated heterocycles. The second kappa shape index (κ2) is 8.05. The maximum atomic E-state index is 12.6. The molecule has 2 heterocycles. The fourth-order valence-corrected chi connectivity index (χ4v) is 3.19. The fraction of sp³-hybridized carbons (Fsp3) is 0.316. The number of carbonyl (C=O) groups excluding carboxylic acids is 1. The van der Waals surface area contributed by atoms with Crippen molar-refractivity contribution < 1.29 is 19.4 Å². The van der Waals surface area contributed by atoms with Gasteiger partial charge in [-0.25, -0.2) is 4.98 Å². The van der Waals surface area contributed by atoms with Crippen LogP contribution in [0, 0.1) is 0 Å². The topological polar surface area (TPSA) is 109 Å². The molecular formula is C19H22N4O4. The molecule has 0 radical (unpaired) electrons. The number of aromatic nitrogens is 1. The number of carboxylic acids is 1. The van der Waals surface area contributed by atoms with Crippen molar-refractivity contribution in [1.82, 2.24) is 14.8 Å². The number of anilines is 1. The number of carboxylic acid groups (broad SMARTS) is 1. The molecule has 1 atom stereocenters. The van der Waals surface area contributed by atoms with E-state index in [4.69, 9.17) is 10.5 Å². The van der Waals surface area contributed by atoms with Crippen LogP contribution in [-0.4, -0.2) is 58.5 Å². The highest BCUT2D eigenvalue weighted by Crippen LogP contribution is 2.24. The fourth-order valence-electron chi connectivity index (χ4n) is 3.19. The van der Waals surface area contributed by atoms with Gasteiger partial charge in [0.25, 0.3) is 0 Å². The quantitative estimate of drug-likeness (QED) is 0.785. The molecule has 27 heavy (non-hydrogen) atoms. The summed E-state index contributed by atoms with van der Waals surface area (Å²) in [5, 5.41) is 9.65. The second-order valence-corrected chi connectivity index (χ2v) is 6.39. The number of rotatable bonds is 6. The number of hydrogen-bond donors (Lipinski definition) is 2. The van der Waals surface area contributed by atoms with Crippen LogP contribution < -0.4 is 10.5 Å². The van der Waals surface area contributed by atoms with Crippen molar-refractivity contribution in [2.24, 2.45) is 0 Å². The summed E-state index contributed by atoms with van der Waals surface area (Å²) >= 11 is 0. The Morgan fingerprint density at radius 3 is 2.78 bits per heavy atom. The van der Waals surface area contributed by atoms with Crippen LogP contribution in [0.2, 0.25) is 0 Å². The number of hydrogen-bond acceptors (Lipinski definition) is 6. The molecule has 0 spiro atoms. The average molecular weight is 370 g/mol. The van der Waals surface area contributed by atoms with Gasteiger partial charge >= 0.3 is 5.97 Å². The van der Waals surface area contributed by atoms with E-state index >= 15 is 0 Å². The monoisotopic (exact) mass is 370 g/mol. The van der Waals surface area contributed by atoms with Gasteiger partial charge in [-0.05, 0) is 29.3 Å². The summed E-state index contributed by atoms with van der Waals surface area (Å²) in [6, 6.07) is 9.81. The van der Waals surface area contributed by atoms with Gasteiger partial charge in [-0.15, -0.1) is 0 Å². The van der Waals surface area contributed by atoms with E-state index in [1.54, 1.807) is 29.0 Å². The molecule has 1 amide bonds. The predicted molar refractivity (Wildman–Crippen MR) is 99.0 cm³/mol. The third-order valence-electron chi connectivity index (χ3n) is 4.58. The highest BCUT2D eigenvalue weighted by Gasteiger charge is 2.34. The molecule has 0 aliphatic carbocycles. The van der Waals surface area contributed by atoms with Crippen LogP contribution in [0.15, 0.2) is 42.6 Å². The third kappa shape index (κ3) is 4.35. The van der Waals surface area contributed by atoms with Crippen molar-refractivity contribution in [1.29, 1.82) is 0 Å². The molecule has 2 aromatic rings. The van der Waals surface area contributed by atoms with Crippen molar-refractivity contribution >= 4 is 17.7 Å². The summed E-state index contributed by atoms with van der Waals surface area (Å²) in [4.78, 5) is 31.7. The number of amides is 1. The number of methoxy groups -OCH3 is 1. The molecule has 0 saturated carbocycles. The lowest BCUT2D eigenvalue weighted by atomic mass is 10.1. The Kier molecular flexibility index (Phi) is 5.56. The zero-order valence-electron chi connectivity index (χ0n) is 15.0. The number of pyridine rings is 1. The van der Waals surface area contributed by atoms with Crippen LogP contribution in [-0.2, 0) is 16.1 Å². The Hall–Kier alpha value is -3.13. The summed E-state index contributed by atoms with van der Waals surface area (Å²) in [5.41, 5.74) is 7.05. The van der Waals surface area contributed by atoms with Crippen LogP contribution in [0.5, 0.6) is 5.75 Å². The minimum Gasteiger partial charge on any atom is -0.497 e. The number of nitrogens with two attached hydrogens (primary N) is 1. The maximum absolute atomic E-state index is 12.6. The van der Waals surface area contributed by atoms with E-state index < -0.39 is 12.0 Å². The van der Waals surface area contributed by atoms with Crippen molar-refractivity contribution in [3.05, 3.63) is 53.7 Å². The van der Waals surface area contributed by atoms with Gasteiger partial charge in [0.2, 0.25) is 5.91 Å². The molecule has 8 nitrogen and oxygen atoms in total. The average Bonchev–Trinajstić information content (AvgIpc) is 2.65. The number of aliphatic carboxylic acids is 1. The molecule has 8 heteroatoms. The molecule has 1 aliphatic rings. The molecule has 1 aromatic carbocycles. The molecule has 142 valence electrons. The molecule has 1 aliphatic heterocycles. The lowest BCUT2D eigenvalue weighted by molar-refractivity contribution is -0.148. The van der Waals surface area contributed by atoms with Crippen molar-refractivity contribution in [3.63, 3.8) is 0 Å². The predicted octanol–water partition coefficient (Wildman–Crippen LogP) is 1.14. The van der Waals surface area contributed by atoms with Gasteiger partial charge in [-0.2, -0.15) is 0 Å². The minimum atomic E-state index is -1.02. The number of piperazine rings is 1. The number of benzene rings is 1. The van der Waals surface area contributed by atoms with Gasteiger partial charge < -0.3 is 20.5 Å². The van der Waals surface area contributed by atoms with Crippen LogP contribution in [0.3, 0.4) is 0 Å². The highest BCUT2D eigenvalue weighted by molar-refractivity contribution is 5.81. The van der Waals surface area contributed by atoms with Gasteiger partial charge in [0.1, 0.15) is 17.6 Å². The summed E-state index contributed by atoms with van der Waals surface area (Å²) in [6.45, 7) is 1.40. The summed E-state index contributed by atoms with van der Waals surface area (Å²) < 4.78 is 5.21. The largest absolute Gasteiger partial charge is 0.497 e. The number of nitrogens with zero attached hydrogens (tertiary/aromatic N) is 3. The Bertz CT molecular complexity index is 825. The van der Waals surface area contributed by atoms with E-state index in [1.807, 2.05) is 24.3 Å². The molecule has 3 rings (SSSR count). The second-order valence-electron chi connectivity index (χ2n) is 6.39. The number of nitrogen functional groups attached to an aromatic ring is 1. The van der Waals surface area contributed by atoms with Gasteiger partial charge in [0, 0.05) is 25.8 Å². The zero-order valence-corrected chi connectivity index (χ0v) is 15.0. The molecular weight excluding hydrogens is 348 g/mol. The molecule has 0 unspecified atom stereocenters. The van der Waals surface area contributed by atoms with Gasteiger partial charge in [-0.1, -0.05) is 18.2 Å². The van der Waals surface area contributed by atoms with Crippen molar-refractivity contribution in [2.45, 2.75) is 12.6 Å². The summed E-state index contributed by atoms with van der Waals surface area (Å²) in [7, 11) is 1.60.